The summed E-state index contributed by atoms with van der Waals surface area (Å²) in [4.78, 5) is 13.4. The molecular formula is C15H13ClF2N2O4S. The molecule has 1 amide bonds. The fourth-order valence-corrected chi connectivity index (χ4v) is 2.82. The summed E-state index contributed by atoms with van der Waals surface area (Å²) in [5.74, 6) is -2.46. The normalized spacial score (nSPS) is 12.5. The highest BCUT2D eigenvalue weighted by Gasteiger charge is 2.21. The number of para-hydroxylation sites is 1. The van der Waals surface area contributed by atoms with Gasteiger partial charge in [0.05, 0.1) is 9.92 Å². The van der Waals surface area contributed by atoms with Crippen molar-refractivity contribution in [1.29, 1.82) is 0 Å². The van der Waals surface area contributed by atoms with Crippen LogP contribution < -0.4 is 15.0 Å². The number of halogens is 3. The Labute approximate surface area is 147 Å². The van der Waals surface area contributed by atoms with E-state index in [4.69, 9.17) is 16.3 Å². The van der Waals surface area contributed by atoms with Gasteiger partial charge in [0.25, 0.3) is 15.9 Å². The van der Waals surface area contributed by atoms with Crippen molar-refractivity contribution in [2.24, 2.45) is 0 Å². The third-order valence-corrected chi connectivity index (χ3v) is 4.55. The molecule has 2 N–H and O–H groups in total. The van der Waals surface area contributed by atoms with E-state index in [1.807, 2.05) is 10.3 Å². The Hall–Kier alpha value is -2.23. The smallest absolute Gasteiger partial charge is 0.275 e. The lowest BCUT2D eigenvalue weighted by atomic mass is 10.3. The lowest BCUT2D eigenvalue weighted by Crippen LogP contribution is -2.47. The molecule has 2 rings (SSSR count). The standard InChI is InChI=1S/C15H13ClF2N2O4S/c1-9(24-14-5-3-2-4-13(14)18)15(21)19-20-25(22,23)10-6-7-12(17)11(16)8-10/h2-9,20H,1H3,(H,19,21)/t9-/m1/s1. The van der Waals surface area contributed by atoms with Crippen LogP contribution in [0, 0.1) is 11.6 Å². The van der Waals surface area contributed by atoms with Crippen molar-refractivity contribution < 1.29 is 26.7 Å². The number of hydrazine groups is 1. The maximum atomic E-state index is 13.5. The van der Waals surface area contributed by atoms with Crippen molar-refractivity contribution in [2.75, 3.05) is 0 Å². The summed E-state index contributed by atoms with van der Waals surface area (Å²) in [5.41, 5.74) is 1.93. The van der Waals surface area contributed by atoms with Gasteiger partial charge in [0.15, 0.2) is 17.7 Å². The lowest BCUT2D eigenvalue weighted by molar-refractivity contribution is -0.127. The first kappa shape index (κ1) is 19.1. The Morgan fingerprint density at radius 1 is 1.16 bits per heavy atom. The van der Waals surface area contributed by atoms with Gasteiger partial charge in [-0.3, -0.25) is 10.2 Å². The number of amides is 1. The average molecular weight is 391 g/mol. The van der Waals surface area contributed by atoms with Gasteiger partial charge < -0.3 is 4.74 Å². The van der Waals surface area contributed by atoms with Crippen LogP contribution in [0.25, 0.3) is 0 Å². The quantitative estimate of drug-likeness (QED) is 0.742. The maximum absolute atomic E-state index is 13.5. The van der Waals surface area contributed by atoms with Gasteiger partial charge in [-0.25, -0.2) is 17.2 Å². The molecule has 1 atom stereocenters. The Morgan fingerprint density at radius 3 is 2.48 bits per heavy atom. The minimum Gasteiger partial charge on any atom is -0.478 e. The van der Waals surface area contributed by atoms with Crippen molar-refractivity contribution >= 4 is 27.5 Å². The van der Waals surface area contributed by atoms with Crippen molar-refractivity contribution in [1.82, 2.24) is 10.3 Å². The van der Waals surface area contributed by atoms with E-state index in [0.29, 0.717) is 0 Å². The lowest BCUT2D eigenvalue weighted by Gasteiger charge is -2.15. The van der Waals surface area contributed by atoms with Gasteiger partial charge in [0.1, 0.15) is 5.82 Å². The van der Waals surface area contributed by atoms with Crippen molar-refractivity contribution in [3.8, 4) is 5.75 Å². The molecule has 0 radical (unpaired) electrons. The van der Waals surface area contributed by atoms with Crippen LogP contribution in [0.1, 0.15) is 6.92 Å². The summed E-state index contributed by atoms with van der Waals surface area (Å²) in [6.45, 7) is 1.31. The fraction of sp³-hybridized carbons (Fsp3) is 0.133. The van der Waals surface area contributed by atoms with Gasteiger partial charge in [-0.15, -0.1) is 4.83 Å². The van der Waals surface area contributed by atoms with Gasteiger partial charge in [-0.05, 0) is 37.3 Å². The van der Waals surface area contributed by atoms with E-state index in [1.165, 1.54) is 25.1 Å². The second-order valence-corrected chi connectivity index (χ2v) is 6.95. The fourth-order valence-electron chi connectivity index (χ4n) is 1.71. The number of hydrogen-bond donors (Lipinski definition) is 2. The molecule has 10 heteroatoms. The van der Waals surface area contributed by atoms with E-state index >= 15 is 0 Å². The highest BCUT2D eigenvalue weighted by Crippen LogP contribution is 2.19. The molecule has 0 aliphatic carbocycles. The predicted octanol–water partition coefficient (Wildman–Crippen LogP) is 2.40. The number of rotatable bonds is 6. The molecule has 0 unspecified atom stereocenters. The Morgan fingerprint density at radius 2 is 1.84 bits per heavy atom. The first-order chi connectivity index (χ1) is 11.7. The molecule has 2 aromatic carbocycles. The third kappa shape index (κ3) is 4.88. The van der Waals surface area contributed by atoms with Crippen LogP contribution in [-0.4, -0.2) is 20.4 Å². The first-order valence-electron chi connectivity index (χ1n) is 6.88. The van der Waals surface area contributed by atoms with Crippen LogP contribution in [0.2, 0.25) is 5.02 Å². The molecule has 0 aliphatic rings. The first-order valence-corrected chi connectivity index (χ1v) is 8.75. The van der Waals surface area contributed by atoms with Gasteiger partial charge in [0.2, 0.25) is 0 Å². The van der Waals surface area contributed by atoms with E-state index in [2.05, 4.69) is 0 Å². The zero-order valence-corrected chi connectivity index (χ0v) is 14.4. The molecule has 0 saturated carbocycles. The zero-order chi connectivity index (χ0) is 18.6. The van der Waals surface area contributed by atoms with Crippen LogP contribution in [-0.2, 0) is 14.8 Å². The van der Waals surface area contributed by atoms with E-state index in [9.17, 15) is 22.0 Å². The highest BCUT2D eigenvalue weighted by molar-refractivity contribution is 7.89. The average Bonchev–Trinajstić information content (AvgIpc) is 2.57. The molecular weight excluding hydrogens is 378 g/mol. The Bertz CT molecular complexity index is 893. The maximum Gasteiger partial charge on any atom is 0.275 e. The molecule has 0 fully saturated rings. The van der Waals surface area contributed by atoms with E-state index < -0.39 is 33.7 Å². The number of hydrogen-bond acceptors (Lipinski definition) is 4. The summed E-state index contributed by atoms with van der Waals surface area (Å²) in [6.07, 6.45) is -1.18. The number of benzene rings is 2. The minimum absolute atomic E-state index is 0.154. The van der Waals surface area contributed by atoms with Crippen molar-refractivity contribution in [3.63, 3.8) is 0 Å². The van der Waals surface area contributed by atoms with Gasteiger partial charge in [-0.1, -0.05) is 23.7 Å². The Kier molecular flexibility index (Phi) is 5.93. The summed E-state index contributed by atoms with van der Waals surface area (Å²) < 4.78 is 55.7. The largest absolute Gasteiger partial charge is 0.478 e. The molecule has 0 heterocycles. The number of sulfonamides is 1. The molecule has 0 aromatic heterocycles. The monoisotopic (exact) mass is 390 g/mol. The number of nitrogens with one attached hydrogen (secondary N) is 2. The molecule has 134 valence electrons. The molecule has 0 saturated heterocycles. The topological polar surface area (TPSA) is 84.5 Å². The Balaban J connectivity index is 2.00. The molecule has 0 bridgehead atoms. The van der Waals surface area contributed by atoms with E-state index in [-0.39, 0.29) is 15.7 Å². The van der Waals surface area contributed by atoms with Crippen LogP contribution in [0.15, 0.2) is 47.4 Å². The number of ether oxygens (including phenoxy) is 1. The van der Waals surface area contributed by atoms with Gasteiger partial charge in [0, 0.05) is 0 Å². The van der Waals surface area contributed by atoms with Crippen LogP contribution in [0.4, 0.5) is 8.78 Å². The molecule has 0 aliphatic heterocycles. The van der Waals surface area contributed by atoms with Crippen LogP contribution in [0.3, 0.4) is 0 Å². The second-order valence-electron chi connectivity index (χ2n) is 4.86. The molecule has 6 nitrogen and oxygen atoms in total. The molecule has 2 aromatic rings. The second kappa shape index (κ2) is 7.77. The summed E-state index contributed by atoms with van der Waals surface area (Å²) >= 11 is 5.53. The van der Waals surface area contributed by atoms with E-state index in [1.54, 1.807) is 0 Å². The highest BCUT2D eigenvalue weighted by atomic mass is 35.5. The van der Waals surface area contributed by atoms with Gasteiger partial charge >= 0.3 is 0 Å². The van der Waals surface area contributed by atoms with E-state index in [0.717, 1.165) is 24.3 Å². The number of carbonyl (C=O) groups is 1. The van der Waals surface area contributed by atoms with Gasteiger partial charge in [-0.2, -0.15) is 0 Å². The minimum atomic E-state index is -4.17. The van der Waals surface area contributed by atoms with Crippen molar-refractivity contribution in [2.45, 2.75) is 17.9 Å². The zero-order valence-electron chi connectivity index (χ0n) is 12.8. The summed E-state index contributed by atoms with van der Waals surface area (Å²) in [6, 6.07) is 8.20. The summed E-state index contributed by atoms with van der Waals surface area (Å²) in [7, 11) is -4.17. The third-order valence-electron chi connectivity index (χ3n) is 3.02. The van der Waals surface area contributed by atoms with Crippen LogP contribution >= 0.6 is 11.6 Å². The summed E-state index contributed by atoms with van der Waals surface area (Å²) in [5, 5.41) is -0.384. The predicted molar refractivity (Wildman–Crippen MR) is 86.4 cm³/mol. The molecule has 0 spiro atoms. The van der Waals surface area contributed by atoms with Crippen molar-refractivity contribution in [3.05, 3.63) is 59.1 Å². The molecule has 25 heavy (non-hydrogen) atoms. The number of carbonyl (C=O) groups excluding carboxylic acids is 1. The SMILES string of the molecule is C[C@@H](Oc1ccccc1F)C(=O)NNS(=O)(=O)c1ccc(F)c(Cl)c1. The van der Waals surface area contributed by atoms with Crippen LogP contribution in [0.5, 0.6) is 5.75 Å².